The molecule has 3 aliphatic carbocycles. The molecule has 1 aliphatic heterocycles. The van der Waals surface area contributed by atoms with E-state index in [0.717, 1.165) is 42.4 Å². The number of carbonyl (C=O) groups is 4. The van der Waals surface area contributed by atoms with Crippen LogP contribution in [-0.2, 0) is 33.4 Å². The Morgan fingerprint density at radius 3 is 1.19 bits per heavy atom. The average Bonchev–Trinajstić information content (AvgIpc) is 3.64. The fraction of sp³-hybridized carbons (Fsp3) is 0.915. The fourth-order valence-electron chi connectivity index (χ4n) is 6.69. The van der Waals surface area contributed by atoms with Crippen LogP contribution in [0.25, 0.3) is 0 Å². The van der Waals surface area contributed by atoms with Crippen molar-refractivity contribution in [1.29, 1.82) is 0 Å². The van der Waals surface area contributed by atoms with Gasteiger partial charge in [-0.1, -0.05) is 135 Å². The molecule has 0 radical (unpaired) electrons. The number of ether oxygens (including phenoxy) is 3. The number of cyclic esters (lactones) is 2. The molecular weight excluding hydrogens is 677 g/mol. The second kappa shape index (κ2) is 31.2. The van der Waals surface area contributed by atoms with E-state index in [9.17, 15) is 19.2 Å². The van der Waals surface area contributed by atoms with Gasteiger partial charge in [-0.2, -0.15) is 0 Å². The van der Waals surface area contributed by atoms with Crippen molar-refractivity contribution in [2.45, 2.75) is 225 Å². The molecule has 1 heterocycles. The van der Waals surface area contributed by atoms with Gasteiger partial charge in [-0.3, -0.25) is 19.2 Å². The number of fused-ring (bicyclic) bond motifs is 2. The second-order valence-electron chi connectivity index (χ2n) is 16.5. The van der Waals surface area contributed by atoms with Gasteiger partial charge in [-0.25, -0.2) is 0 Å². The van der Waals surface area contributed by atoms with Crippen LogP contribution >= 0.6 is 0 Å². The lowest BCUT2D eigenvalue weighted by Crippen LogP contribution is -2.39. The molecule has 4 fully saturated rings. The molecule has 1 saturated heterocycles. The first-order chi connectivity index (χ1) is 21.1. The number of hydrogen-bond acceptors (Lipinski definition) is 7. The van der Waals surface area contributed by atoms with E-state index in [4.69, 9.17) is 9.47 Å². The normalized spacial score (nSPS) is 26.9. The van der Waals surface area contributed by atoms with Gasteiger partial charge in [0.05, 0.1) is 23.7 Å². The summed E-state index contributed by atoms with van der Waals surface area (Å²) in [6, 6.07) is 0. The van der Waals surface area contributed by atoms with Crippen LogP contribution in [-0.4, -0.2) is 35.1 Å². The van der Waals surface area contributed by atoms with Gasteiger partial charge < -0.3 is 14.2 Å². The molecule has 7 nitrogen and oxygen atoms in total. The molecule has 54 heavy (non-hydrogen) atoms. The maximum Gasteiger partial charge on any atom is 0.317 e. The van der Waals surface area contributed by atoms with Crippen molar-refractivity contribution in [3.05, 3.63) is 0 Å². The minimum Gasteiger partial charge on any atom is -0.460 e. The number of carbonyl (C=O) groups excluding carboxylic acids is 4. The van der Waals surface area contributed by atoms with E-state index in [1.54, 1.807) is 20.3 Å². The Hall–Kier alpha value is -1.92. The minimum atomic E-state index is -0.396. The SMILES string of the molecule is C.C.C.C.C.C.C.C.CC1C(=O)OC(=O)C1C.CC1C2CCC(C2)C1C.CCC(C)C(=O)OC(C)(C)C.CCC(C)C(=O)OC(C)(C)C1CCC(C)CC1. The summed E-state index contributed by atoms with van der Waals surface area (Å²) in [5.74, 6) is 4.32. The predicted octanol–water partition coefficient (Wildman–Crippen LogP) is 14.7. The number of hydrogen-bond donors (Lipinski definition) is 0. The van der Waals surface area contributed by atoms with Crippen molar-refractivity contribution < 1.29 is 33.4 Å². The number of rotatable bonds is 6. The van der Waals surface area contributed by atoms with Crippen molar-refractivity contribution in [2.24, 2.45) is 59.2 Å². The highest BCUT2D eigenvalue weighted by molar-refractivity contribution is 5.95. The summed E-state index contributed by atoms with van der Waals surface area (Å²) in [6.45, 7) is 28.2. The zero-order chi connectivity index (χ0) is 35.6. The van der Waals surface area contributed by atoms with Crippen LogP contribution in [0.15, 0.2) is 0 Å². The van der Waals surface area contributed by atoms with Crippen LogP contribution in [0.2, 0.25) is 0 Å². The van der Waals surface area contributed by atoms with E-state index < -0.39 is 11.9 Å². The maximum atomic E-state index is 11.9. The molecule has 7 heteroatoms. The highest BCUT2D eigenvalue weighted by Gasteiger charge is 2.42. The molecular formula is C47H102O7. The first-order valence-corrected chi connectivity index (χ1v) is 18.4. The van der Waals surface area contributed by atoms with Crippen molar-refractivity contribution in [3.63, 3.8) is 0 Å². The van der Waals surface area contributed by atoms with Gasteiger partial charge in [-0.05, 0) is 115 Å². The Balaban J connectivity index is -0.0000000854. The zero-order valence-electron chi connectivity index (χ0n) is 32.0. The van der Waals surface area contributed by atoms with E-state index in [-0.39, 0.29) is 106 Å². The van der Waals surface area contributed by atoms with Crippen LogP contribution in [0.5, 0.6) is 0 Å². The molecule has 4 aliphatic rings. The summed E-state index contributed by atoms with van der Waals surface area (Å²) in [5, 5.41) is 0. The number of esters is 4. The van der Waals surface area contributed by atoms with E-state index in [0.29, 0.717) is 5.92 Å². The molecule has 0 spiro atoms. The molecule has 3 saturated carbocycles. The largest absolute Gasteiger partial charge is 0.460 e. The van der Waals surface area contributed by atoms with Crippen LogP contribution in [0.1, 0.15) is 214 Å². The van der Waals surface area contributed by atoms with Gasteiger partial charge in [-0.15, -0.1) is 0 Å². The Morgan fingerprint density at radius 2 is 0.944 bits per heavy atom. The molecule has 2 bridgehead atoms. The van der Waals surface area contributed by atoms with Crippen LogP contribution in [0, 0.1) is 59.2 Å². The smallest absolute Gasteiger partial charge is 0.317 e. The third kappa shape index (κ3) is 22.6. The highest BCUT2D eigenvalue weighted by atomic mass is 16.6. The summed E-state index contributed by atoms with van der Waals surface area (Å²) >= 11 is 0. The molecule has 0 aromatic rings. The molecule has 4 rings (SSSR count). The summed E-state index contributed by atoms with van der Waals surface area (Å²) in [4.78, 5) is 44.1. The predicted molar refractivity (Wildman–Crippen MR) is 238 cm³/mol. The van der Waals surface area contributed by atoms with E-state index >= 15 is 0 Å². The maximum absolute atomic E-state index is 11.9. The van der Waals surface area contributed by atoms with Crippen LogP contribution in [0.4, 0.5) is 0 Å². The van der Waals surface area contributed by atoms with E-state index in [2.05, 4.69) is 39.4 Å². The Bertz CT molecular complexity index is 937. The summed E-state index contributed by atoms with van der Waals surface area (Å²) < 4.78 is 15.2. The highest BCUT2D eigenvalue weighted by Crippen LogP contribution is 2.51. The lowest BCUT2D eigenvalue weighted by molar-refractivity contribution is -0.168. The van der Waals surface area contributed by atoms with E-state index in [1.807, 2.05) is 48.5 Å². The quantitative estimate of drug-likeness (QED) is 0.150. The third-order valence-electron chi connectivity index (χ3n) is 11.3. The first-order valence-electron chi connectivity index (χ1n) is 18.4. The van der Waals surface area contributed by atoms with Gasteiger partial charge in [0, 0.05) is 0 Å². The van der Waals surface area contributed by atoms with E-state index in [1.165, 1.54) is 38.5 Å². The van der Waals surface area contributed by atoms with Crippen molar-refractivity contribution >= 4 is 23.9 Å². The van der Waals surface area contributed by atoms with Gasteiger partial charge >= 0.3 is 23.9 Å². The monoisotopic (exact) mass is 779 g/mol. The lowest BCUT2D eigenvalue weighted by atomic mass is 9.75. The van der Waals surface area contributed by atoms with Crippen LogP contribution < -0.4 is 0 Å². The van der Waals surface area contributed by atoms with Gasteiger partial charge in [0.25, 0.3) is 0 Å². The lowest BCUT2D eigenvalue weighted by Gasteiger charge is -2.38. The fourth-order valence-corrected chi connectivity index (χ4v) is 6.69. The minimum absolute atomic E-state index is 0. The van der Waals surface area contributed by atoms with Crippen molar-refractivity contribution in [3.8, 4) is 0 Å². The van der Waals surface area contributed by atoms with Gasteiger partial charge in [0.2, 0.25) is 0 Å². The Kier molecular flexibility index (Phi) is 40.4. The molecule has 8 unspecified atom stereocenters. The third-order valence-corrected chi connectivity index (χ3v) is 11.3. The molecule has 8 atom stereocenters. The second-order valence-corrected chi connectivity index (χ2v) is 16.5. The molecule has 0 aromatic heterocycles. The average molecular weight is 779 g/mol. The standard InChI is InChI=1S/C15H28O2.C9H18O2.C9H16.C6H8O3.8CH4/c1-6-12(3)14(16)17-15(4,5)13-9-7-11(2)8-10-13;1-6-7(2)8(10)11-9(3,4)5;1-6-7(2)9-4-3-8(6)5-9;1-3-4(2)6(8)9-5(3)7;;;;;;;;/h11-13H,6-10H2,1-5H3;7H,6H2,1-5H3;6-9H,3-5H2,1-2H3;3-4H,1-2H3;8*1H4. The van der Waals surface area contributed by atoms with Gasteiger partial charge in [0.15, 0.2) is 0 Å². The first kappa shape index (κ1) is 69.9. The molecule has 0 N–H and O–H groups in total. The Labute approximate surface area is 341 Å². The molecule has 0 aromatic carbocycles. The Morgan fingerprint density at radius 1 is 0.611 bits per heavy atom. The van der Waals surface area contributed by atoms with Crippen LogP contribution in [0.3, 0.4) is 0 Å². The van der Waals surface area contributed by atoms with Crippen molar-refractivity contribution in [2.75, 3.05) is 0 Å². The topological polar surface area (TPSA) is 96.0 Å². The summed E-state index contributed by atoms with van der Waals surface area (Å²) in [5.41, 5.74) is -0.638. The summed E-state index contributed by atoms with van der Waals surface area (Å²) in [6.07, 6.45) is 11.3. The summed E-state index contributed by atoms with van der Waals surface area (Å²) in [7, 11) is 0. The molecule has 0 amide bonds. The van der Waals surface area contributed by atoms with Gasteiger partial charge in [0.1, 0.15) is 11.2 Å². The zero-order valence-corrected chi connectivity index (χ0v) is 32.0. The van der Waals surface area contributed by atoms with Crippen molar-refractivity contribution in [1.82, 2.24) is 0 Å². The molecule has 332 valence electrons.